The molecule has 0 saturated heterocycles. The molecule has 1 heterocycles. The zero-order valence-corrected chi connectivity index (χ0v) is 23.2. The van der Waals surface area contributed by atoms with Gasteiger partial charge in [0, 0.05) is 18.3 Å². The third-order valence-corrected chi connectivity index (χ3v) is 9.06. The van der Waals surface area contributed by atoms with Crippen LogP contribution in [-0.4, -0.2) is 27.6 Å². The summed E-state index contributed by atoms with van der Waals surface area (Å²) in [6.07, 6.45) is 10.4. The minimum Gasteiger partial charge on any atom is -0.508 e. The van der Waals surface area contributed by atoms with E-state index in [1.54, 1.807) is 24.3 Å². The van der Waals surface area contributed by atoms with E-state index in [0.717, 1.165) is 31.2 Å². The first kappa shape index (κ1) is 27.4. The highest BCUT2D eigenvalue weighted by molar-refractivity contribution is 6.22. The number of aromatic hydroxyl groups is 1. The van der Waals surface area contributed by atoms with Crippen molar-refractivity contribution < 1.29 is 19.8 Å². The minimum absolute atomic E-state index is 0.0486. The van der Waals surface area contributed by atoms with E-state index in [9.17, 15) is 19.8 Å². The van der Waals surface area contributed by atoms with E-state index in [2.05, 4.69) is 59.0 Å². The van der Waals surface area contributed by atoms with Gasteiger partial charge in [0.2, 0.25) is 0 Å². The summed E-state index contributed by atoms with van der Waals surface area (Å²) in [6.45, 7) is 13.2. The van der Waals surface area contributed by atoms with Crippen LogP contribution in [0.4, 0.5) is 0 Å². The van der Waals surface area contributed by atoms with E-state index in [1.165, 1.54) is 17.2 Å². The van der Waals surface area contributed by atoms with E-state index in [0.29, 0.717) is 11.8 Å². The zero-order chi connectivity index (χ0) is 27.1. The molecule has 1 saturated carbocycles. The van der Waals surface area contributed by atoms with Crippen LogP contribution in [-0.2, 0) is 16.0 Å². The normalized spacial score (nSPS) is 34.8. The van der Waals surface area contributed by atoms with Crippen LogP contribution in [0.15, 0.2) is 59.2 Å². The van der Waals surface area contributed by atoms with E-state index in [1.807, 2.05) is 0 Å². The molecule has 200 valence electrons. The molecule has 0 radical (unpaired) electrons. The van der Waals surface area contributed by atoms with E-state index >= 15 is 0 Å². The molecule has 4 rings (SSSR count). The van der Waals surface area contributed by atoms with Crippen molar-refractivity contribution in [1.82, 2.24) is 5.32 Å². The van der Waals surface area contributed by atoms with E-state index in [-0.39, 0.29) is 46.7 Å². The highest BCUT2D eigenvalue weighted by Crippen LogP contribution is 2.56. The number of phenols is 1. The first-order valence-electron chi connectivity index (χ1n) is 13.8. The quantitative estimate of drug-likeness (QED) is 0.319. The van der Waals surface area contributed by atoms with Crippen molar-refractivity contribution in [2.75, 3.05) is 0 Å². The van der Waals surface area contributed by atoms with Crippen molar-refractivity contribution in [2.24, 2.45) is 35.0 Å². The SMILES string of the molecule is CCC(C)/C=C(\C)[C@H]1C(C)=C[C@@]2(C)C[C@@H](C)CC[C@@H]2C1C(=O)C1=CC(O)(Cc2ccc(O)cc2)NC1=O. The number of aliphatic hydroxyl groups is 1. The van der Waals surface area contributed by atoms with Crippen molar-refractivity contribution >= 4 is 11.7 Å². The second kappa shape index (κ2) is 10.2. The van der Waals surface area contributed by atoms with Gasteiger partial charge in [0.15, 0.2) is 11.5 Å². The molecule has 1 aliphatic heterocycles. The fraction of sp³-hybridized carbons (Fsp3) is 0.562. The summed E-state index contributed by atoms with van der Waals surface area (Å²) in [5.74, 6) is 0.236. The Kier molecular flexibility index (Phi) is 7.58. The maximum Gasteiger partial charge on any atom is 0.257 e. The van der Waals surface area contributed by atoms with Gasteiger partial charge in [-0.1, -0.05) is 76.0 Å². The number of hydrogen-bond acceptors (Lipinski definition) is 4. The number of nitrogens with one attached hydrogen (secondary N) is 1. The molecule has 37 heavy (non-hydrogen) atoms. The maximum atomic E-state index is 14.4. The Morgan fingerprint density at radius 1 is 1.22 bits per heavy atom. The lowest BCUT2D eigenvalue weighted by Gasteiger charge is -2.52. The summed E-state index contributed by atoms with van der Waals surface area (Å²) in [7, 11) is 0. The molecule has 0 spiro atoms. The molecule has 1 fully saturated rings. The van der Waals surface area contributed by atoms with Crippen LogP contribution in [0.2, 0.25) is 0 Å². The van der Waals surface area contributed by atoms with Gasteiger partial charge in [0.05, 0.1) is 5.57 Å². The van der Waals surface area contributed by atoms with Crippen LogP contribution in [0.5, 0.6) is 5.75 Å². The largest absolute Gasteiger partial charge is 0.508 e. The third kappa shape index (κ3) is 5.47. The Labute approximate surface area is 221 Å². The summed E-state index contributed by atoms with van der Waals surface area (Å²) in [6, 6.07) is 6.50. The molecule has 1 aromatic carbocycles. The summed E-state index contributed by atoms with van der Waals surface area (Å²) in [5.41, 5.74) is 1.50. The monoisotopic (exact) mass is 505 g/mol. The molecule has 1 aromatic rings. The van der Waals surface area contributed by atoms with Crippen LogP contribution in [0.1, 0.15) is 72.8 Å². The molecule has 3 N–H and O–H groups in total. The number of ketones is 1. The first-order valence-corrected chi connectivity index (χ1v) is 13.8. The molecule has 1 amide bonds. The van der Waals surface area contributed by atoms with Gasteiger partial charge < -0.3 is 15.5 Å². The fourth-order valence-electron chi connectivity index (χ4n) is 7.31. The second-order valence-corrected chi connectivity index (χ2v) is 12.3. The van der Waals surface area contributed by atoms with Gasteiger partial charge in [-0.05, 0) is 73.6 Å². The van der Waals surface area contributed by atoms with Crippen molar-refractivity contribution in [2.45, 2.75) is 79.4 Å². The standard InChI is InChI=1S/C32H43NO4/c1-7-19(2)14-21(4)27-22(5)16-31(6)15-20(3)8-13-26(31)28(27)29(35)25-18-32(37,33-30(25)36)17-23-9-11-24(34)12-10-23/h9-12,14,16,18-20,26-28,34,37H,7-8,13,15,17H2,1-6H3,(H,33,36)/b21-14+/t19?,20-,26+,27-,28?,31+,32?/m0/s1. The van der Waals surface area contributed by atoms with Crippen molar-refractivity contribution in [3.8, 4) is 5.75 Å². The van der Waals surface area contributed by atoms with Crippen LogP contribution < -0.4 is 5.32 Å². The number of fused-ring (bicyclic) bond motifs is 1. The summed E-state index contributed by atoms with van der Waals surface area (Å²) in [4.78, 5) is 27.5. The van der Waals surface area contributed by atoms with Gasteiger partial charge in [0.1, 0.15) is 5.75 Å². The number of Topliss-reactive ketones (excluding diaryl/α,β-unsaturated/α-hetero) is 1. The van der Waals surface area contributed by atoms with Crippen LogP contribution in [0.25, 0.3) is 0 Å². The topological polar surface area (TPSA) is 86.6 Å². The average Bonchev–Trinajstić information content (AvgIpc) is 3.12. The lowest BCUT2D eigenvalue weighted by molar-refractivity contribution is -0.129. The van der Waals surface area contributed by atoms with Crippen LogP contribution in [0, 0.1) is 35.0 Å². The highest BCUT2D eigenvalue weighted by Gasteiger charge is 2.53. The maximum absolute atomic E-state index is 14.4. The molecular weight excluding hydrogens is 462 g/mol. The second-order valence-electron chi connectivity index (χ2n) is 12.3. The Balaban J connectivity index is 1.73. The van der Waals surface area contributed by atoms with Crippen LogP contribution >= 0.6 is 0 Å². The van der Waals surface area contributed by atoms with E-state index in [4.69, 9.17) is 0 Å². The van der Waals surface area contributed by atoms with Crippen molar-refractivity contribution in [3.05, 3.63) is 64.8 Å². The van der Waals surface area contributed by atoms with Gasteiger partial charge in [0.25, 0.3) is 5.91 Å². The Morgan fingerprint density at radius 3 is 2.54 bits per heavy atom. The fourth-order valence-corrected chi connectivity index (χ4v) is 7.31. The lowest BCUT2D eigenvalue weighted by Crippen LogP contribution is -2.48. The molecule has 2 aliphatic carbocycles. The third-order valence-electron chi connectivity index (χ3n) is 9.06. The van der Waals surface area contributed by atoms with Crippen molar-refractivity contribution in [1.29, 1.82) is 0 Å². The number of hydrogen-bond donors (Lipinski definition) is 3. The summed E-state index contributed by atoms with van der Waals surface area (Å²) >= 11 is 0. The van der Waals surface area contributed by atoms with Gasteiger partial charge >= 0.3 is 0 Å². The van der Waals surface area contributed by atoms with Gasteiger partial charge in [-0.15, -0.1) is 0 Å². The summed E-state index contributed by atoms with van der Waals surface area (Å²) in [5, 5.41) is 23.5. The molecule has 0 aromatic heterocycles. The molecular formula is C32H43NO4. The van der Waals surface area contributed by atoms with Crippen LogP contribution in [0.3, 0.4) is 0 Å². The first-order chi connectivity index (χ1) is 17.4. The molecule has 0 bridgehead atoms. The number of phenolic OH excluding ortho intramolecular Hbond substituents is 1. The smallest absolute Gasteiger partial charge is 0.257 e. The number of rotatable bonds is 7. The predicted molar refractivity (Wildman–Crippen MR) is 147 cm³/mol. The predicted octanol–water partition coefficient (Wildman–Crippen LogP) is 5.88. The number of benzene rings is 1. The molecule has 5 heteroatoms. The number of carbonyl (C=O) groups is 2. The van der Waals surface area contributed by atoms with Gasteiger partial charge in [-0.25, -0.2) is 0 Å². The lowest BCUT2D eigenvalue weighted by atomic mass is 9.52. The minimum atomic E-state index is -1.64. The number of allylic oxidation sites excluding steroid dienone is 4. The van der Waals surface area contributed by atoms with Gasteiger partial charge in [-0.2, -0.15) is 0 Å². The van der Waals surface area contributed by atoms with E-state index < -0.39 is 11.6 Å². The average molecular weight is 506 g/mol. The zero-order valence-electron chi connectivity index (χ0n) is 23.2. The Bertz CT molecular complexity index is 1150. The van der Waals surface area contributed by atoms with Gasteiger partial charge in [-0.3, -0.25) is 9.59 Å². The Hall–Kier alpha value is -2.66. The summed E-state index contributed by atoms with van der Waals surface area (Å²) < 4.78 is 0. The number of amides is 1. The molecule has 3 aliphatic rings. The van der Waals surface area contributed by atoms with Crippen molar-refractivity contribution in [3.63, 3.8) is 0 Å². The molecule has 7 atom stereocenters. The highest BCUT2D eigenvalue weighted by atomic mass is 16.3. The Morgan fingerprint density at radius 2 is 1.89 bits per heavy atom. The number of carbonyl (C=O) groups excluding carboxylic acids is 2. The molecule has 3 unspecified atom stereocenters. The molecule has 5 nitrogen and oxygen atoms in total.